The highest BCUT2D eigenvalue weighted by Crippen LogP contribution is 2.48. The summed E-state index contributed by atoms with van der Waals surface area (Å²) in [7, 11) is 1.54. The van der Waals surface area contributed by atoms with Crippen molar-refractivity contribution >= 4 is 35.0 Å². The Morgan fingerprint density at radius 2 is 1.97 bits per heavy atom. The summed E-state index contributed by atoms with van der Waals surface area (Å²) in [5.41, 5.74) is 2.97. The van der Waals surface area contributed by atoms with Crippen LogP contribution in [0.25, 0.3) is 0 Å². The standard InChI is InChI=1S/C22H25Cl2NO4/c1-12-18(21(27)29-8-7-28-4)19(14-6-5-13(23)9-15(14)24)20-16(25-12)10-22(2,3)11-17(20)26/h5-6,9,19,25H,7-8,10-11H2,1-4H3/t19-/m0/s1. The van der Waals surface area contributed by atoms with Gasteiger partial charge in [-0.05, 0) is 36.5 Å². The summed E-state index contributed by atoms with van der Waals surface area (Å²) < 4.78 is 10.4. The Morgan fingerprint density at radius 1 is 1.24 bits per heavy atom. The molecule has 0 aromatic heterocycles. The fourth-order valence-corrected chi connectivity index (χ4v) is 4.57. The molecule has 1 aromatic rings. The molecule has 1 aliphatic carbocycles. The van der Waals surface area contributed by atoms with E-state index >= 15 is 0 Å². The van der Waals surface area contributed by atoms with Gasteiger partial charge in [0.05, 0.1) is 12.2 Å². The molecule has 1 N–H and O–H groups in total. The maximum absolute atomic E-state index is 13.2. The van der Waals surface area contributed by atoms with Gasteiger partial charge in [-0.15, -0.1) is 0 Å². The quantitative estimate of drug-likeness (QED) is 0.529. The number of rotatable bonds is 5. The number of ketones is 1. The van der Waals surface area contributed by atoms with E-state index < -0.39 is 11.9 Å². The van der Waals surface area contributed by atoms with Gasteiger partial charge >= 0.3 is 5.97 Å². The number of hydrogen-bond donors (Lipinski definition) is 1. The van der Waals surface area contributed by atoms with Crippen LogP contribution in [0.15, 0.2) is 40.7 Å². The summed E-state index contributed by atoms with van der Waals surface area (Å²) in [6, 6.07) is 5.11. The van der Waals surface area contributed by atoms with Crippen LogP contribution in [0.4, 0.5) is 0 Å². The minimum Gasteiger partial charge on any atom is -0.460 e. The summed E-state index contributed by atoms with van der Waals surface area (Å²) >= 11 is 12.6. The lowest BCUT2D eigenvalue weighted by atomic mass is 9.68. The molecule has 0 bridgehead atoms. The van der Waals surface area contributed by atoms with Crippen molar-refractivity contribution in [2.75, 3.05) is 20.3 Å². The van der Waals surface area contributed by atoms with E-state index in [-0.39, 0.29) is 17.8 Å². The third-order valence-corrected chi connectivity index (χ3v) is 5.82. The first-order chi connectivity index (χ1) is 13.6. The smallest absolute Gasteiger partial charge is 0.336 e. The molecule has 0 saturated carbocycles. The zero-order valence-electron chi connectivity index (χ0n) is 17.0. The fourth-order valence-electron chi connectivity index (χ4n) is 4.05. The summed E-state index contributed by atoms with van der Waals surface area (Å²) in [4.78, 5) is 26.2. The zero-order chi connectivity index (χ0) is 21.3. The average molecular weight is 438 g/mol. The Balaban J connectivity index is 2.13. The number of ether oxygens (including phenoxy) is 2. The first-order valence-corrected chi connectivity index (χ1v) is 10.3. The highest BCUT2D eigenvalue weighted by molar-refractivity contribution is 6.35. The molecule has 1 heterocycles. The molecular weight excluding hydrogens is 413 g/mol. The summed E-state index contributed by atoms with van der Waals surface area (Å²) in [6.07, 6.45) is 1.11. The number of esters is 1. The average Bonchev–Trinajstić information content (AvgIpc) is 2.59. The van der Waals surface area contributed by atoms with Crippen molar-refractivity contribution in [3.63, 3.8) is 0 Å². The molecule has 0 amide bonds. The van der Waals surface area contributed by atoms with Crippen molar-refractivity contribution in [3.8, 4) is 0 Å². The van der Waals surface area contributed by atoms with Gasteiger partial charge in [0.25, 0.3) is 0 Å². The van der Waals surface area contributed by atoms with E-state index in [1.165, 1.54) is 7.11 Å². The lowest BCUT2D eigenvalue weighted by Gasteiger charge is -2.39. The second-order valence-corrected chi connectivity index (χ2v) is 9.07. The molecule has 1 aliphatic heterocycles. The highest BCUT2D eigenvalue weighted by atomic mass is 35.5. The van der Waals surface area contributed by atoms with E-state index in [9.17, 15) is 9.59 Å². The van der Waals surface area contributed by atoms with E-state index in [1.54, 1.807) is 18.2 Å². The molecule has 0 fully saturated rings. The largest absolute Gasteiger partial charge is 0.460 e. The van der Waals surface area contributed by atoms with Gasteiger partial charge < -0.3 is 14.8 Å². The molecule has 0 radical (unpaired) electrons. The van der Waals surface area contributed by atoms with E-state index in [0.29, 0.717) is 51.9 Å². The second kappa shape index (κ2) is 8.50. The number of nitrogens with one attached hydrogen (secondary N) is 1. The van der Waals surface area contributed by atoms with Crippen LogP contribution in [0, 0.1) is 5.41 Å². The Bertz CT molecular complexity index is 917. The number of carbonyl (C=O) groups is 2. The molecule has 0 saturated heterocycles. The van der Waals surface area contributed by atoms with Gasteiger partial charge in [-0.25, -0.2) is 4.79 Å². The molecule has 0 spiro atoms. The van der Waals surface area contributed by atoms with Crippen LogP contribution in [0.2, 0.25) is 10.0 Å². The summed E-state index contributed by atoms with van der Waals surface area (Å²) in [5.74, 6) is -1.09. The molecule has 5 nitrogen and oxygen atoms in total. The first-order valence-electron chi connectivity index (χ1n) is 9.49. The maximum atomic E-state index is 13.2. The number of halogens is 2. The van der Waals surface area contributed by atoms with Crippen LogP contribution >= 0.6 is 23.2 Å². The van der Waals surface area contributed by atoms with Crippen LogP contribution < -0.4 is 5.32 Å². The molecule has 3 rings (SSSR count). The van der Waals surface area contributed by atoms with Gasteiger partial charge in [-0.3, -0.25) is 4.79 Å². The SMILES string of the molecule is COCCOC(=O)C1=C(C)NC2=C(C(=O)CC(C)(C)C2)[C@H]1c1ccc(Cl)cc1Cl. The molecule has 0 unspecified atom stereocenters. The molecule has 7 heteroatoms. The van der Waals surface area contributed by atoms with Gasteiger partial charge in [0.2, 0.25) is 0 Å². The van der Waals surface area contributed by atoms with Crippen LogP contribution in [-0.4, -0.2) is 32.1 Å². The van der Waals surface area contributed by atoms with Crippen molar-refractivity contribution in [1.82, 2.24) is 5.32 Å². The predicted molar refractivity (Wildman–Crippen MR) is 113 cm³/mol. The number of Topliss-reactive ketones (excluding diaryl/α,β-unsaturated/α-hetero) is 1. The topological polar surface area (TPSA) is 64.6 Å². The van der Waals surface area contributed by atoms with Crippen molar-refractivity contribution < 1.29 is 19.1 Å². The Morgan fingerprint density at radius 3 is 2.62 bits per heavy atom. The summed E-state index contributed by atoms with van der Waals surface area (Å²) in [5, 5.41) is 4.19. The molecule has 1 aromatic carbocycles. The zero-order valence-corrected chi connectivity index (χ0v) is 18.5. The van der Waals surface area contributed by atoms with Crippen molar-refractivity contribution in [1.29, 1.82) is 0 Å². The maximum Gasteiger partial charge on any atom is 0.336 e. The van der Waals surface area contributed by atoms with Gasteiger partial charge in [0, 0.05) is 46.5 Å². The molecule has 1 atom stereocenters. The van der Waals surface area contributed by atoms with Crippen LogP contribution in [0.1, 0.15) is 45.1 Å². The minimum absolute atomic E-state index is 0.00876. The molecule has 29 heavy (non-hydrogen) atoms. The second-order valence-electron chi connectivity index (χ2n) is 8.22. The normalized spacial score (nSPS) is 21.0. The number of allylic oxidation sites excluding steroid dienone is 3. The Labute approximate surface area is 181 Å². The fraction of sp³-hybridized carbons (Fsp3) is 0.455. The van der Waals surface area contributed by atoms with Crippen LogP contribution in [0.5, 0.6) is 0 Å². The number of benzene rings is 1. The molecular formula is C22H25Cl2NO4. The van der Waals surface area contributed by atoms with E-state index in [0.717, 1.165) is 5.70 Å². The van der Waals surface area contributed by atoms with Crippen LogP contribution in [-0.2, 0) is 19.1 Å². The van der Waals surface area contributed by atoms with Gasteiger partial charge in [0.1, 0.15) is 6.61 Å². The lowest BCUT2D eigenvalue weighted by molar-refractivity contribution is -0.140. The van der Waals surface area contributed by atoms with E-state index in [2.05, 4.69) is 19.2 Å². The van der Waals surface area contributed by atoms with Crippen molar-refractivity contribution in [3.05, 3.63) is 56.3 Å². The monoisotopic (exact) mass is 437 g/mol. The molecule has 156 valence electrons. The number of methoxy groups -OCH3 is 1. The highest BCUT2D eigenvalue weighted by Gasteiger charge is 2.43. The number of carbonyl (C=O) groups excluding carboxylic acids is 2. The Hall–Kier alpha value is -1.82. The van der Waals surface area contributed by atoms with Crippen molar-refractivity contribution in [2.24, 2.45) is 5.41 Å². The Kier molecular flexibility index (Phi) is 6.42. The van der Waals surface area contributed by atoms with E-state index in [4.69, 9.17) is 32.7 Å². The van der Waals surface area contributed by atoms with Gasteiger partial charge in [-0.2, -0.15) is 0 Å². The molecule has 2 aliphatic rings. The van der Waals surface area contributed by atoms with Gasteiger partial charge in [-0.1, -0.05) is 43.1 Å². The van der Waals surface area contributed by atoms with Gasteiger partial charge in [0.15, 0.2) is 5.78 Å². The predicted octanol–water partition coefficient (Wildman–Crippen LogP) is 4.79. The first kappa shape index (κ1) is 21.9. The van der Waals surface area contributed by atoms with Crippen molar-refractivity contribution in [2.45, 2.75) is 39.5 Å². The number of dihydropyridines is 1. The van der Waals surface area contributed by atoms with E-state index in [1.807, 2.05) is 6.92 Å². The van der Waals surface area contributed by atoms with Crippen LogP contribution in [0.3, 0.4) is 0 Å². The summed E-state index contributed by atoms with van der Waals surface area (Å²) in [6.45, 7) is 6.36. The minimum atomic E-state index is -0.602. The third-order valence-electron chi connectivity index (χ3n) is 5.25. The number of hydrogen-bond acceptors (Lipinski definition) is 5. The lowest BCUT2D eigenvalue weighted by Crippen LogP contribution is -2.38. The third kappa shape index (κ3) is 4.52.